The molecule has 6 nitrogen and oxygen atoms in total. The van der Waals surface area contributed by atoms with E-state index < -0.39 is 22.9 Å². The second-order valence-corrected chi connectivity index (χ2v) is 4.21. The number of aryl methyl sites for hydroxylation is 1. The molecular formula is C11H13FN2O4. The first kappa shape index (κ1) is 12.7. The standard InChI is InChI=1S/C11H13FN2O4/c1-6-2-10(7(12)3-8(6)14(16)17)18-11-5-13-4-9(11)15/h2-3,9,11,13,15H,4-5H2,1H3. The van der Waals surface area contributed by atoms with Crippen LogP contribution in [0.2, 0.25) is 0 Å². The zero-order chi connectivity index (χ0) is 13.3. The molecule has 0 bridgehead atoms. The summed E-state index contributed by atoms with van der Waals surface area (Å²) in [5.41, 5.74) is 0.0294. The molecule has 2 N–H and O–H groups in total. The van der Waals surface area contributed by atoms with Gasteiger partial charge in [0.1, 0.15) is 12.2 Å². The Morgan fingerprint density at radius 1 is 1.56 bits per heavy atom. The number of nitrogens with zero attached hydrogens (tertiary/aromatic N) is 1. The Bertz CT molecular complexity index is 480. The normalized spacial score (nSPS) is 23.1. The van der Waals surface area contributed by atoms with E-state index in [0.29, 0.717) is 18.7 Å². The highest BCUT2D eigenvalue weighted by atomic mass is 19.1. The van der Waals surface area contributed by atoms with E-state index in [9.17, 15) is 19.6 Å². The predicted octanol–water partition coefficient (Wildman–Crippen LogP) is 0.754. The minimum absolute atomic E-state index is 0.0779. The molecule has 0 saturated carbocycles. The number of aliphatic hydroxyl groups is 1. The molecule has 98 valence electrons. The predicted molar refractivity (Wildman–Crippen MR) is 61.1 cm³/mol. The van der Waals surface area contributed by atoms with E-state index >= 15 is 0 Å². The maximum absolute atomic E-state index is 13.6. The Hall–Kier alpha value is -1.73. The molecule has 2 rings (SSSR count). The van der Waals surface area contributed by atoms with Gasteiger partial charge in [0.05, 0.1) is 11.0 Å². The fourth-order valence-electron chi connectivity index (χ4n) is 1.86. The number of rotatable bonds is 3. The zero-order valence-electron chi connectivity index (χ0n) is 9.72. The van der Waals surface area contributed by atoms with Gasteiger partial charge in [-0.1, -0.05) is 0 Å². The molecule has 1 fully saturated rings. The average Bonchev–Trinajstić information content (AvgIpc) is 2.69. The van der Waals surface area contributed by atoms with Gasteiger partial charge < -0.3 is 15.2 Å². The highest BCUT2D eigenvalue weighted by molar-refractivity contribution is 5.45. The van der Waals surface area contributed by atoms with Gasteiger partial charge in [0.25, 0.3) is 5.69 Å². The van der Waals surface area contributed by atoms with Crippen molar-refractivity contribution in [3.63, 3.8) is 0 Å². The van der Waals surface area contributed by atoms with Crippen LogP contribution in [-0.4, -0.2) is 35.3 Å². The van der Waals surface area contributed by atoms with E-state index in [-0.39, 0.29) is 11.4 Å². The number of ether oxygens (including phenoxy) is 1. The fourth-order valence-corrected chi connectivity index (χ4v) is 1.86. The summed E-state index contributed by atoms with van der Waals surface area (Å²) in [6.07, 6.45) is -1.25. The van der Waals surface area contributed by atoms with Crippen LogP contribution < -0.4 is 10.1 Å². The molecule has 2 unspecified atom stereocenters. The smallest absolute Gasteiger partial charge is 0.275 e. The van der Waals surface area contributed by atoms with Crippen molar-refractivity contribution >= 4 is 5.69 Å². The van der Waals surface area contributed by atoms with Crippen molar-refractivity contribution in [2.24, 2.45) is 0 Å². The number of benzene rings is 1. The fraction of sp³-hybridized carbons (Fsp3) is 0.455. The molecule has 7 heteroatoms. The van der Waals surface area contributed by atoms with Crippen LogP contribution in [0, 0.1) is 22.9 Å². The number of β-amino-alcohol motifs (C(OH)–C–C–N with tert-alkyl or cyclic N) is 1. The molecule has 1 aromatic carbocycles. The van der Waals surface area contributed by atoms with E-state index in [1.165, 1.54) is 13.0 Å². The zero-order valence-corrected chi connectivity index (χ0v) is 9.72. The Balaban J connectivity index is 2.23. The van der Waals surface area contributed by atoms with E-state index in [1.54, 1.807) is 0 Å². The van der Waals surface area contributed by atoms with Crippen molar-refractivity contribution in [2.75, 3.05) is 13.1 Å². The first-order valence-electron chi connectivity index (χ1n) is 5.49. The maximum atomic E-state index is 13.6. The summed E-state index contributed by atoms with van der Waals surface area (Å²) in [5.74, 6) is -0.878. The molecule has 1 saturated heterocycles. The molecule has 1 heterocycles. The third kappa shape index (κ3) is 2.41. The summed E-state index contributed by atoms with van der Waals surface area (Å²) in [6.45, 7) is 2.31. The average molecular weight is 256 g/mol. The molecule has 0 amide bonds. The summed E-state index contributed by atoms with van der Waals surface area (Å²) in [6, 6.07) is 2.11. The second kappa shape index (κ2) is 4.87. The molecule has 18 heavy (non-hydrogen) atoms. The summed E-state index contributed by atoms with van der Waals surface area (Å²) < 4.78 is 19.0. The monoisotopic (exact) mass is 256 g/mol. The van der Waals surface area contributed by atoms with Crippen LogP contribution in [0.3, 0.4) is 0 Å². The highest BCUT2D eigenvalue weighted by Crippen LogP contribution is 2.28. The van der Waals surface area contributed by atoms with E-state index in [1.807, 2.05) is 0 Å². The lowest BCUT2D eigenvalue weighted by atomic mass is 10.2. The Morgan fingerprint density at radius 3 is 2.83 bits per heavy atom. The van der Waals surface area contributed by atoms with E-state index in [0.717, 1.165) is 6.07 Å². The van der Waals surface area contributed by atoms with Crippen LogP contribution in [0.25, 0.3) is 0 Å². The maximum Gasteiger partial charge on any atom is 0.275 e. The van der Waals surface area contributed by atoms with Crippen LogP contribution in [-0.2, 0) is 0 Å². The highest BCUT2D eigenvalue weighted by Gasteiger charge is 2.28. The number of halogens is 1. The Kier molecular flexibility index (Phi) is 3.44. The Labute approximate surface area is 103 Å². The van der Waals surface area contributed by atoms with Crippen LogP contribution in [0.4, 0.5) is 10.1 Å². The lowest BCUT2D eigenvalue weighted by Crippen LogP contribution is -2.30. The van der Waals surface area contributed by atoms with Crippen molar-refractivity contribution in [1.29, 1.82) is 0 Å². The quantitative estimate of drug-likeness (QED) is 0.616. The molecule has 0 spiro atoms. The number of nitro groups is 1. The number of aliphatic hydroxyl groups excluding tert-OH is 1. The number of nitrogens with one attached hydrogen (secondary N) is 1. The largest absolute Gasteiger partial charge is 0.483 e. The molecule has 0 aromatic heterocycles. The minimum Gasteiger partial charge on any atom is -0.483 e. The van der Waals surface area contributed by atoms with Crippen LogP contribution in [0.1, 0.15) is 5.56 Å². The van der Waals surface area contributed by atoms with Crippen LogP contribution >= 0.6 is 0 Å². The van der Waals surface area contributed by atoms with E-state index in [4.69, 9.17) is 4.74 Å². The number of nitro benzene ring substituents is 1. The van der Waals surface area contributed by atoms with Crippen LogP contribution in [0.5, 0.6) is 5.75 Å². The lowest BCUT2D eigenvalue weighted by molar-refractivity contribution is -0.385. The van der Waals surface area contributed by atoms with Gasteiger partial charge in [0, 0.05) is 18.7 Å². The molecule has 1 aliphatic heterocycles. The van der Waals surface area contributed by atoms with Gasteiger partial charge in [0.2, 0.25) is 0 Å². The molecule has 0 aliphatic carbocycles. The van der Waals surface area contributed by atoms with Crippen molar-refractivity contribution < 1.29 is 19.2 Å². The van der Waals surface area contributed by atoms with Crippen molar-refractivity contribution in [3.05, 3.63) is 33.6 Å². The third-order valence-electron chi connectivity index (χ3n) is 2.85. The van der Waals surface area contributed by atoms with Gasteiger partial charge in [-0.15, -0.1) is 0 Å². The van der Waals surface area contributed by atoms with Gasteiger partial charge in [-0.2, -0.15) is 0 Å². The van der Waals surface area contributed by atoms with Gasteiger partial charge in [-0.3, -0.25) is 10.1 Å². The summed E-state index contributed by atoms with van der Waals surface area (Å²) in [5, 5.41) is 23.1. The van der Waals surface area contributed by atoms with Gasteiger partial charge >= 0.3 is 0 Å². The second-order valence-electron chi connectivity index (χ2n) is 4.21. The number of hydrogen-bond acceptors (Lipinski definition) is 5. The molecular weight excluding hydrogens is 243 g/mol. The minimum atomic E-state index is -0.800. The molecule has 1 aliphatic rings. The molecule has 1 aromatic rings. The van der Waals surface area contributed by atoms with Crippen molar-refractivity contribution in [1.82, 2.24) is 5.32 Å². The van der Waals surface area contributed by atoms with Crippen molar-refractivity contribution in [3.8, 4) is 5.75 Å². The first-order chi connectivity index (χ1) is 8.49. The van der Waals surface area contributed by atoms with Crippen LogP contribution in [0.15, 0.2) is 12.1 Å². The van der Waals surface area contributed by atoms with E-state index in [2.05, 4.69) is 5.32 Å². The van der Waals surface area contributed by atoms with Crippen molar-refractivity contribution in [2.45, 2.75) is 19.1 Å². The summed E-state index contributed by atoms with van der Waals surface area (Å²) >= 11 is 0. The SMILES string of the molecule is Cc1cc(OC2CNCC2O)c(F)cc1[N+](=O)[O-]. The summed E-state index contributed by atoms with van der Waals surface area (Å²) in [7, 11) is 0. The lowest BCUT2D eigenvalue weighted by Gasteiger charge is -2.16. The van der Waals surface area contributed by atoms with Gasteiger partial charge in [0.15, 0.2) is 11.6 Å². The number of hydrogen-bond donors (Lipinski definition) is 2. The summed E-state index contributed by atoms with van der Waals surface area (Å²) in [4.78, 5) is 9.99. The topological polar surface area (TPSA) is 84.6 Å². The third-order valence-corrected chi connectivity index (χ3v) is 2.85. The molecule has 2 atom stereocenters. The molecule has 0 radical (unpaired) electrons. The first-order valence-corrected chi connectivity index (χ1v) is 5.49. The Morgan fingerprint density at radius 2 is 2.28 bits per heavy atom. The van der Waals surface area contributed by atoms with Gasteiger partial charge in [-0.05, 0) is 13.0 Å². The van der Waals surface area contributed by atoms with Gasteiger partial charge in [-0.25, -0.2) is 4.39 Å².